The molecule has 0 radical (unpaired) electrons. The Labute approximate surface area is 85.9 Å². The van der Waals surface area contributed by atoms with Gasteiger partial charge >= 0.3 is 0 Å². The zero-order valence-electron chi connectivity index (χ0n) is 8.01. The molecule has 2 fully saturated rings. The molecule has 2 atom stereocenters. The Morgan fingerprint density at radius 3 is 2.47 bits per heavy atom. The SMILES string of the molecule is N/C(CN1CC2C(=O)NC(=O)C2C1)=N\O. The van der Waals surface area contributed by atoms with E-state index in [1.165, 1.54) is 0 Å². The number of imide groups is 1. The van der Waals surface area contributed by atoms with Crippen LogP contribution in [0.2, 0.25) is 0 Å². The summed E-state index contributed by atoms with van der Waals surface area (Å²) in [6.07, 6.45) is 0. The predicted octanol–water partition coefficient (Wildman–Crippen LogP) is -2.06. The summed E-state index contributed by atoms with van der Waals surface area (Å²) in [5.74, 6) is -0.894. The van der Waals surface area contributed by atoms with E-state index in [9.17, 15) is 9.59 Å². The summed E-state index contributed by atoms with van der Waals surface area (Å²) in [7, 11) is 0. The number of amidine groups is 1. The predicted molar refractivity (Wildman–Crippen MR) is 50.0 cm³/mol. The minimum absolute atomic E-state index is 0.0860. The molecule has 2 unspecified atom stereocenters. The maximum absolute atomic E-state index is 11.3. The Kier molecular flexibility index (Phi) is 2.31. The molecule has 0 spiro atoms. The number of amides is 2. The van der Waals surface area contributed by atoms with Crippen LogP contribution in [0.1, 0.15) is 0 Å². The van der Waals surface area contributed by atoms with Crippen LogP contribution in [0, 0.1) is 11.8 Å². The summed E-state index contributed by atoms with van der Waals surface area (Å²) in [5.41, 5.74) is 5.35. The van der Waals surface area contributed by atoms with Crippen LogP contribution < -0.4 is 11.1 Å². The number of fused-ring (bicyclic) bond motifs is 1. The van der Waals surface area contributed by atoms with Crippen LogP contribution in [0.3, 0.4) is 0 Å². The molecule has 0 saturated carbocycles. The standard InChI is InChI=1S/C8H12N4O3/c9-6(11-15)3-12-1-4-5(2-12)8(14)10-7(4)13/h4-5,15H,1-3H2,(H2,9,11)(H,10,13,14). The lowest BCUT2D eigenvalue weighted by Crippen LogP contribution is -2.36. The Bertz CT molecular complexity index is 319. The lowest BCUT2D eigenvalue weighted by Gasteiger charge is -2.14. The zero-order valence-corrected chi connectivity index (χ0v) is 8.01. The number of carbonyl (C=O) groups excluding carboxylic acids is 2. The Morgan fingerprint density at radius 1 is 1.47 bits per heavy atom. The summed E-state index contributed by atoms with van der Waals surface area (Å²) < 4.78 is 0. The number of likely N-dealkylation sites (tertiary alicyclic amines) is 1. The molecule has 15 heavy (non-hydrogen) atoms. The summed E-state index contributed by atoms with van der Waals surface area (Å²) in [4.78, 5) is 24.4. The molecule has 0 aromatic rings. The highest BCUT2D eigenvalue weighted by atomic mass is 16.4. The quantitative estimate of drug-likeness (QED) is 0.160. The second-order valence-electron chi connectivity index (χ2n) is 3.85. The molecule has 7 heteroatoms. The molecule has 82 valence electrons. The van der Waals surface area contributed by atoms with Crippen LogP contribution in [0.25, 0.3) is 0 Å². The Morgan fingerprint density at radius 2 is 2.00 bits per heavy atom. The van der Waals surface area contributed by atoms with E-state index < -0.39 is 0 Å². The highest BCUT2D eigenvalue weighted by Gasteiger charge is 2.47. The first kappa shape index (κ1) is 9.91. The van der Waals surface area contributed by atoms with Crippen LogP contribution in [0.4, 0.5) is 0 Å². The highest BCUT2D eigenvalue weighted by Crippen LogP contribution is 2.27. The minimum atomic E-state index is -0.274. The van der Waals surface area contributed by atoms with Gasteiger partial charge in [0.2, 0.25) is 11.8 Å². The number of nitrogens with two attached hydrogens (primary N) is 1. The van der Waals surface area contributed by atoms with Crippen molar-refractivity contribution in [3.05, 3.63) is 0 Å². The lowest BCUT2D eigenvalue weighted by atomic mass is 10.00. The number of nitrogens with zero attached hydrogens (tertiary/aromatic N) is 2. The molecule has 0 aromatic carbocycles. The summed E-state index contributed by atoms with van der Waals surface area (Å²) in [6, 6.07) is 0. The fourth-order valence-corrected chi connectivity index (χ4v) is 2.11. The Hall–Kier alpha value is -1.63. The van der Waals surface area contributed by atoms with Crippen LogP contribution in [0.5, 0.6) is 0 Å². The van der Waals surface area contributed by atoms with Crippen molar-refractivity contribution in [2.75, 3.05) is 19.6 Å². The summed E-state index contributed by atoms with van der Waals surface area (Å²) >= 11 is 0. The first-order chi connectivity index (χ1) is 7.11. The van der Waals surface area contributed by atoms with Crippen molar-refractivity contribution in [3.8, 4) is 0 Å². The van der Waals surface area contributed by atoms with Gasteiger partial charge in [-0.15, -0.1) is 0 Å². The van der Waals surface area contributed by atoms with Gasteiger partial charge < -0.3 is 10.9 Å². The molecule has 2 saturated heterocycles. The number of rotatable bonds is 2. The van der Waals surface area contributed by atoms with Gasteiger partial charge in [0.15, 0.2) is 5.84 Å². The molecule has 2 aliphatic heterocycles. The van der Waals surface area contributed by atoms with Gasteiger partial charge in [0.25, 0.3) is 0 Å². The van der Waals surface area contributed by atoms with Crippen molar-refractivity contribution in [3.63, 3.8) is 0 Å². The van der Waals surface area contributed by atoms with E-state index in [0.29, 0.717) is 13.1 Å². The molecule has 0 aromatic heterocycles. The van der Waals surface area contributed by atoms with Crippen molar-refractivity contribution in [2.24, 2.45) is 22.7 Å². The second-order valence-corrected chi connectivity index (χ2v) is 3.85. The van der Waals surface area contributed by atoms with E-state index in [0.717, 1.165) is 0 Å². The molecule has 2 amide bonds. The van der Waals surface area contributed by atoms with Crippen molar-refractivity contribution < 1.29 is 14.8 Å². The molecular formula is C8H12N4O3. The zero-order chi connectivity index (χ0) is 11.0. The van der Waals surface area contributed by atoms with E-state index in [1.807, 2.05) is 4.90 Å². The van der Waals surface area contributed by atoms with Crippen molar-refractivity contribution in [1.82, 2.24) is 10.2 Å². The smallest absolute Gasteiger partial charge is 0.231 e. The van der Waals surface area contributed by atoms with E-state index in [2.05, 4.69) is 10.5 Å². The van der Waals surface area contributed by atoms with E-state index in [1.54, 1.807) is 0 Å². The van der Waals surface area contributed by atoms with Crippen LogP contribution >= 0.6 is 0 Å². The molecule has 0 aliphatic carbocycles. The number of hydrogen-bond acceptors (Lipinski definition) is 5. The molecule has 4 N–H and O–H groups in total. The first-order valence-electron chi connectivity index (χ1n) is 4.65. The van der Waals surface area contributed by atoms with Crippen molar-refractivity contribution in [2.45, 2.75) is 0 Å². The fraction of sp³-hybridized carbons (Fsp3) is 0.625. The number of carbonyl (C=O) groups is 2. The average Bonchev–Trinajstić information content (AvgIpc) is 2.70. The topological polar surface area (TPSA) is 108 Å². The van der Waals surface area contributed by atoms with Gasteiger partial charge in [-0.2, -0.15) is 0 Å². The van der Waals surface area contributed by atoms with Gasteiger partial charge in [-0.3, -0.25) is 19.8 Å². The first-order valence-corrected chi connectivity index (χ1v) is 4.65. The second kappa shape index (κ2) is 3.50. The molecular weight excluding hydrogens is 200 g/mol. The molecule has 2 rings (SSSR count). The normalized spacial score (nSPS) is 31.9. The third-order valence-corrected chi connectivity index (χ3v) is 2.83. The summed E-state index contributed by atoms with van der Waals surface area (Å²) in [6.45, 7) is 1.25. The third-order valence-electron chi connectivity index (χ3n) is 2.83. The maximum atomic E-state index is 11.3. The van der Waals surface area contributed by atoms with Crippen LogP contribution in [0.15, 0.2) is 5.16 Å². The van der Waals surface area contributed by atoms with Gasteiger partial charge in [0, 0.05) is 13.1 Å². The minimum Gasteiger partial charge on any atom is -0.409 e. The number of nitrogens with one attached hydrogen (secondary N) is 1. The number of hydrogen-bond donors (Lipinski definition) is 3. The lowest BCUT2D eigenvalue weighted by molar-refractivity contribution is -0.126. The summed E-state index contributed by atoms with van der Waals surface area (Å²) in [5, 5.41) is 13.5. The highest BCUT2D eigenvalue weighted by molar-refractivity contribution is 6.05. The van der Waals surface area contributed by atoms with Gasteiger partial charge in [0.1, 0.15) is 0 Å². The number of oxime groups is 1. The van der Waals surface area contributed by atoms with Crippen molar-refractivity contribution in [1.29, 1.82) is 0 Å². The van der Waals surface area contributed by atoms with E-state index >= 15 is 0 Å². The molecule has 0 bridgehead atoms. The van der Waals surface area contributed by atoms with Crippen LogP contribution in [-0.2, 0) is 9.59 Å². The average molecular weight is 212 g/mol. The van der Waals surface area contributed by atoms with Crippen LogP contribution in [-0.4, -0.2) is 47.4 Å². The van der Waals surface area contributed by atoms with E-state index in [-0.39, 0.29) is 36.0 Å². The largest absolute Gasteiger partial charge is 0.409 e. The monoisotopic (exact) mass is 212 g/mol. The molecule has 2 aliphatic rings. The van der Waals surface area contributed by atoms with Gasteiger partial charge in [-0.05, 0) is 0 Å². The van der Waals surface area contributed by atoms with Gasteiger partial charge in [0.05, 0.1) is 18.4 Å². The fourth-order valence-electron chi connectivity index (χ4n) is 2.11. The third kappa shape index (κ3) is 1.65. The molecule has 7 nitrogen and oxygen atoms in total. The molecule has 2 heterocycles. The van der Waals surface area contributed by atoms with Gasteiger partial charge in [-0.1, -0.05) is 5.16 Å². The van der Waals surface area contributed by atoms with E-state index in [4.69, 9.17) is 10.9 Å². The maximum Gasteiger partial charge on any atom is 0.231 e. The van der Waals surface area contributed by atoms with Crippen molar-refractivity contribution >= 4 is 17.6 Å². The van der Waals surface area contributed by atoms with Gasteiger partial charge in [-0.25, -0.2) is 0 Å². The Balaban J connectivity index is 2.01.